The summed E-state index contributed by atoms with van der Waals surface area (Å²) in [5.74, 6) is 1.11. The maximum Gasteiger partial charge on any atom is 0.258 e. The van der Waals surface area contributed by atoms with Gasteiger partial charge in [-0.25, -0.2) is 0 Å². The van der Waals surface area contributed by atoms with Crippen molar-refractivity contribution in [2.24, 2.45) is 0 Å². The molecule has 1 N–H and O–H groups in total. The largest absolute Gasteiger partial charge is 0.351 e. The summed E-state index contributed by atoms with van der Waals surface area (Å²) in [7, 11) is 0. The molecule has 1 unspecified atom stereocenters. The molecule has 1 aliphatic heterocycles. The molecule has 1 aromatic heterocycles. The Kier molecular flexibility index (Phi) is 7.50. The number of rotatable bonds is 8. The van der Waals surface area contributed by atoms with Crippen molar-refractivity contribution in [1.82, 2.24) is 20.4 Å². The molecule has 1 atom stereocenters. The van der Waals surface area contributed by atoms with Gasteiger partial charge in [-0.15, -0.1) is 11.8 Å². The number of hydrogen-bond donors (Lipinski definition) is 1. The van der Waals surface area contributed by atoms with Gasteiger partial charge in [-0.1, -0.05) is 54.8 Å². The van der Waals surface area contributed by atoms with E-state index in [1.807, 2.05) is 12.1 Å². The van der Waals surface area contributed by atoms with E-state index < -0.39 is 0 Å². The number of benzene rings is 2. The zero-order chi connectivity index (χ0) is 23.4. The molecule has 33 heavy (non-hydrogen) atoms. The molecule has 5 nitrogen and oxygen atoms in total. The molecule has 4 rings (SSSR count). The van der Waals surface area contributed by atoms with E-state index in [0.717, 1.165) is 46.9 Å². The Morgan fingerprint density at radius 1 is 1.06 bits per heavy atom. The summed E-state index contributed by atoms with van der Waals surface area (Å²) in [6.45, 7) is 7.27. The first kappa shape index (κ1) is 23.5. The molecular formula is C26H30N4OS2. The average molecular weight is 479 g/mol. The number of nitrogens with one attached hydrogen (secondary N) is 1. The van der Waals surface area contributed by atoms with Crippen molar-refractivity contribution >= 4 is 34.7 Å². The summed E-state index contributed by atoms with van der Waals surface area (Å²) in [4.78, 5) is 8.18. The fourth-order valence-electron chi connectivity index (χ4n) is 4.05. The third-order valence-corrected chi connectivity index (χ3v) is 7.08. The molecule has 0 amide bonds. The van der Waals surface area contributed by atoms with Crippen LogP contribution in [0.25, 0.3) is 17.0 Å². The third-order valence-electron chi connectivity index (χ3n) is 6.00. The number of aromatic nitrogens is 2. The minimum absolute atomic E-state index is 0.146. The number of allylic oxidation sites excluding steroid dienone is 1. The Bertz CT molecular complexity index is 1140. The van der Waals surface area contributed by atoms with Crippen LogP contribution in [0.2, 0.25) is 0 Å². The minimum atomic E-state index is -0.146. The molecule has 0 saturated heterocycles. The number of aryl methyl sites for hydroxylation is 1. The summed E-state index contributed by atoms with van der Waals surface area (Å²) < 4.78 is 5.84. The fourth-order valence-corrected chi connectivity index (χ4v) is 4.80. The maximum atomic E-state index is 5.84. The molecule has 3 aromatic rings. The summed E-state index contributed by atoms with van der Waals surface area (Å²) in [6.07, 6.45) is 5.47. The van der Waals surface area contributed by atoms with Gasteiger partial charge in [0.05, 0.1) is 11.6 Å². The second-order valence-electron chi connectivity index (χ2n) is 8.30. The lowest BCUT2D eigenvalue weighted by atomic mass is 9.94. The Morgan fingerprint density at radius 2 is 1.79 bits per heavy atom. The first-order chi connectivity index (χ1) is 16.0. The van der Waals surface area contributed by atoms with Gasteiger partial charge in [-0.3, -0.25) is 0 Å². The van der Waals surface area contributed by atoms with Gasteiger partial charge in [0.2, 0.25) is 5.82 Å². The van der Waals surface area contributed by atoms with Gasteiger partial charge in [-0.2, -0.15) is 4.98 Å². The van der Waals surface area contributed by atoms with Crippen LogP contribution < -0.4 is 5.32 Å². The van der Waals surface area contributed by atoms with Crippen molar-refractivity contribution in [2.45, 2.75) is 51.0 Å². The van der Waals surface area contributed by atoms with E-state index in [1.54, 1.807) is 11.8 Å². The Hall–Kier alpha value is -2.64. The zero-order valence-corrected chi connectivity index (χ0v) is 21.2. The highest BCUT2D eigenvalue weighted by Crippen LogP contribution is 2.37. The molecule has 0 aliphatic carbocycles. The highest BCUT2D eigenvalue weighted by molar-refractivity contribution is 7.98. The van der Waals surface area contributed by atoms with Gasteiger partial charge in [-0.05, 0) is 68.6 Å². The molecule has 2 heterocycles. The van der Waals surface area contributed by atoms with Crippen molar-refractivity contribution in [3.05, 3.63) is 71.2 Å². The molecule has 0 fully saturated rings. The number of unbranched alkanes of at least 4 members (excludes halogenated alkanes) is 2. The van der Waals surface area contributed by atoms with Gasteiger partial charge in [0.25, 0.3) is 5.89 Å². The molecule has 0 radical (unpaired) electrons. The predicted molar refractivity (Wildman–Crippen MR) is 140 cm³/mol. The molecular weight excluding hydrogens is 448 g/mol. The SMILES string of the molecule is CCCCCN1C(=S)NC(c2ccc(C)cc2)C(c2nc(-c3ccc(SC)cc3)no2)=C1C. The lowest BCUT2D eigenvalue weighted by molar-refractivity contribution is 0.395. The summed E-state index contributed by atoms with van der Waals surface area (Å²) in [5.41, 5.74) is 5.31. The molecule has 2 aromatic carbocycles. The van der Waals surface area contributed by atoms with Crippen LogP contribution in [0, 0.1) is 6.92 Å². The van der Waals surface area contributed by atoms with E-state index in [-0.39, 0.29) is 6.04 Å². The lowest BCUT2D eigenvalue weighted by Gasteiger charge is -2.37. The number of hydrogen-bond acceptors (Lipinski definition) is 5. The molecule has 0 saturated carbocycles. The van der Waals surface area contributed by atoms with Crippen molar-refractivity contribution in [2.75, 3.05) is 12.8 Å². The lowest BCUT2D eigenvalue weighted by Crippen LogP contribution is -2.46. The number of thioether (sulfide) groups is 1. The smallest absolute Gasteiger partial charge is 0.258 e. The Balaban J connectivity index is 1.74. The van der Waals surface area contributed by atoms with Gasteiger partial charge in [0.1, 0.15) is 0 Å². The molecule has 7 heteroatoms. The average Bonchev–Trinajstić information content (AvgIpc) is 3.31. The Labute approximate surface area is 205 Å². The van der Waals surface area contributed by atoms with Crippen LogP contribution in [0.5, 0.6) is 0 Å². The van der Waals surface area contributed by atoms with Crippen LogP contribution in [0.1, 0.15) is 56.2 Å². The molecule has 172 valence electrons. The van der Waals surface area contributed by atoms with Crippen LogP contribution in [0.3, 0.4) is 0 Å². The van der Waals surface area contributed by atoms with E-state index in [1.165, 1.54) is 16.9 Å². The van der Waals surface area contributed by atoms with Crippen LogP contribution >= 0.6 is 24.0 Å². The van der Waals surface area contributed by atoms with Crippen molar-refractivity contribution in [3.8, 4) is 11.4 Å². The van der Waals surface area contributed by atoms with Crippen molar-refractivity contribution in [1.29, 1.82) is 0 Å². The monoisotopic (exact) mass is 478 g/mol. The predicted octanol–water partition coefficient (Wildman–Crippen LogP) is 6.62. The molecule has 1 aliphatic rings. The maximum absolute atomic E-state index is 5.84. The van der Waals surface area contributed by atoms with Gasteiger partial charge >= 0.3 is 0 Å². The topological polar surface area (TPSA) is 54.2 Å². The van der Waals surface area contributed by atoms with Crippen LogP contribution in [0.15, 0.2) is 63.6 Å². The molecule has 0 spiro atoms. The van der Waals surface area contributed by atoms with Crippen LogP contribution in [-0.2, 0) is 0 Å². The summed E-state index contributed by atoms with van der Waals surface area (Å²) in [5, 5.41) is 8.59. The number of nitrogens with zero attached hydrogens (tertiary/aromatic N) is 3. The standard InChI is InChI=1S/C26H30N4OS2/c1-5-6-7-16-30-18(3)22(23(27-26(30)32)19-10-8-17(2)9-11-19)25-28-24(29-31-25)20-12-14-21(33-4)15-13-20/h8-15,23H,5-7,16H2,1-4H3,(H,27,32). The summed E-state index contributed by atoms with van der Waals surface area (Å²) >= 11 is 7.49. The molecule has 0 bridgehead atoms. The van der Waals surface area contributed by atoms with Crippen molar-refractivity contribution in [3.63, 3.8) is 0 Å². The van der Waals surface area contributed by atoms with Crippen LogP contribution in [-0.4, -0.2) is 33.0 Å². The first-order valence-corrected chi connectivity index (χ1v) is 13.0. The second-order valence-corrected chi connectivity index (χ2v) is 9.57. The zero-order valence-electron chi connectivity index (χ0n) is 19.6. The van der Waals surface area contributed by atoms with Crippen molar-refractivity contribution < 1.29 is 4.52 Å². The normalized spacial score (nSPS) is 16.3. The second kappa shape index (κ2) is 10.5. The number of thiocarbonyl (C=S) groups is 1. The quantitative estimate of drug-likeness (QED) is 0.222. The fraction of sp³-hybridized carbons (Fsp3) is 0.346. The van der Waals surface area contributed by atoms with Gasteiger partial charge in [0, 0.05) is 22.7 Å². The first-order valence-electron chi connectivity index (χ1n) is 11.4. The highest BCUT2D eigenvalue weighted by atomic mass is 32.2. The van der Waals surface area contributed by atoms with Crippen LogP contribution in [0.4, 0.5) is 0 Å². The summed E-state index contributed by atoms with van der Waals surface area (Å²) in [6, 6.07) is 16.6. The van der Waals surface area contributed by atoms with Gasteiger partial charge < -0.3 is 14.7 Å². The van der Waals surface area contributed by atoms with E-state index in [0.29, 0.717) is 11.7 Å². The Morgan fingerprint density at radius 3 is 2.45 bits per heavy atom. The minimum Gasteiger partial charge on any atom is -0.351 e. The van der Waals surface area contributed by atoms with E-state index in [2.05, 4.69) is 78.8 Å². The van der Waals surface area contributed by atoms with E-state index in [9.17, 15) is 0 Å². The van der Waals surface area contributed by atoms with E-state index >= 15 is 0 Å². The van der Waals surface area contributed by atoms with Gasteiger partial charge in [0.15, 0.2) is 5.11 Å². The van der Waals surface area contributed by atoms with E-state index in [4.69, 9.17) is 21.7 Å². The highest BCUT2D eigenvalue weighted by Gasteiger charge is 2.33. The third kappa shape index (κ3) is 5.14.